The summed E-state index contributed by atoms with van der Waals surface area (Å²) in [6.45, 7) is 3.45. The van der Waals surface area contributed by atoms with Crippen LogP contribution in [0.4, 0.5) is 15.8 Å². The first-order valence-electron chi connectivity index (χ1n) is 8.35. The monoisotopic (exact) mass is 429 g/mol. The standard InChI is InChI=1S/C20H17BrFN3O2/c1-3-25-20(27)19(23-16-9-5-7-14(21)11-16)17(12(2)26)18(24-25)13-6-4-8-15(22)10-13/h4-11,23H,3H2,1-2H3. The van der Waals surface area contributed by atoms with Gasteiger partial charge in [-0.15, -0.1) is 0 Å². The molecule has 1 N–H and O–H groups in total. The average Bonchev–Trinajstić information content (AvgIpc) is 2.63. The van der Waals surface area contributed by atoms with Crippen LogP contribution in [0.1, 0.15) is 24.2 Å². The van der Waals surface area contributed by atoms with E-state index in [-0.39, 0.29) is 22.7 Å². The number of Topliss-reactive ketones (excluding diaryl/α,β-unsaturated/α-hetero) is 1. The maximum absolute atomic E-state index is 13.7. The zero-order valence-corrected chi connectivity index (χ0v) is 16.4. The fraction of sp³-hybridized carbons (Fsp3) is 0.150. The van der Waals surface area contributed by atoms with Gasteiger partial charge in [-0.2, -0.15) is 5.10 Å². The SMILES string of the molecule is CCn1nc(-c2cccc(F)c2)c(C(C)=O)c(Nc2cccc(Br)c2)c1=O. The third-order valence-electron chi connectivity index (χ3n) is 4.00. The number of benzene rings is 2. The maximum Gasteiger partial charge on any atom is 0.291 e. The van der Waals surface area contributed by atoms with Crippen LogP contribution in [0.5, 0.6) is 0 Å². The molecular weight excluding hydrogens is 413 g/mol. The van der Waals surface area contributed by atoms with E-state index in [1.54, 1.807) is 31.2 Å². The third-order valence-corrected chi connectivity index (χ3v) is 4.49. The van der Waals surface area contributed by atoms with Gasteiger partial charge in [0.05, 0.1) is 5.56 Å². The number of rotatable bonds is 5. The second kappa shape index (κ2) is 7.84. The Labute approximate surface area is 164 Å². The van der Waals surface area contributed by atoms with E-state index in [1.807, 2.05) is 12.1 Å². The zero-order chi connectivity index (χ0) is 19.6. The van der Waals surface area contributed by atoms with Crippen molar-refractivity contribution in [2.75, 3.05) is 5.32 Å². The second-order valence-electron chi connectivity index (χ2n) is 5.92. The van der Waals surface area contributed by atoms with Gasteiger partial charge in [0, 0.05) is 22.3 Å². The third kappa shape index (κ3) is 3.98. The normalized spacial score (nSPS) is 10.7. The number of carbonyl (C=O) groups excluding carboxylic acids is 1. The Balaban J connectivity index is 2.29. The van der Waals surface area contributed by atoms with Crippen molar-refractivity contribution < 1.29 is 9.18 Å². The van der Waals surface area contributed by atoms with Crippen LogP contribution in [0.3, 0.4) is 0 Å². The molecule has 27 heavy (non-hydrogen) atoms. The Morgan fingerprint density at radius 2 is 1.96 bits per heavy atom. The minimum absolute atomic E-state index is 0.122. The number of nitrogens with zero attached hydrogens (tertiary/aromatic N) is 2. The molecule has 0 saturated carbocycles. The molecule has 0 atom stereocenters. The number of nitrogens with one attached hydrogen (secondary N) is 1. The Hall–Kier alpha value is -2.80. The molecule has 0 bridgehead atoms. The van der Waals surface area contributed by atoms with Crippen molar-refractivity contribution in [1.82, 2.24) is 9.78 Å². The lowest BCUT2D eigenvalue weighted by Crippen LogP contribution is -2.28. The molecule has 0 aliphatic carbocycles. The van der Waals surface area contributed by atoms with E-state index in [0.717, 1.165) is 4.47 Å². The van der Waals surface area contributed by atoms with Crippen molar-refractivity contribution in [3.05, 3.63) is 74.7 Å². The molecule has 3 aromatic rings. The van der Waals surface area contributed by atoms with Crippen molar-refractivity contribution in [1.29, 1.82) is 0 Å². The van der Waals surface area contributed by atoms with Crippen molar-refractivity contribution >= 4 is 33.1 Å². The number of ketones is 1. The summed E-state index contributed by atoms with van der Waals surface area (Å²) in [5.41, 5.74) is 1.18. The van der Waals surface area contributed by atoms with Crippen LogP contribution in [0.15, 0.2) is 57.8 Å². The molecule has 7 heteroatoms. The van der Waals surface area contributed by atoms with Gasteiger partial charge in [0.25, 0.3) is 5.56 Å². The number of carbonyl (C=O) groups is 1. The average molecular weight is 430 g/mol. The molecule has 3 rings (SSSR count). The Bertz CT molecular complexity index is 1080. The van der Waals surface area contributed by atoms with Crippen LogP contribution in [0.25, 0.3) is 11.3 Å². The number of aryl methyl sites for hydroxylation is 1. The largest absolute Gasteiger partial charge is 0.350 e. The highest BCUT2D eigenvalue weighted by atomic mass is 79.9. The smallest absolute Gasteiger partial charge is 0.291 e. The van der Waals surface area contributed by atoms with Crippen molar-refractivity contribution in [2.45, 2.75) is 20.4 Å². The number of hydrogen-bond donors (Lipinski definition) is 1. The lowest BCUT2D eigenvalue weighted by molar-refractivity contribution is 0.101. The molecule has 0 aliphatic rings. The summed E-state index contributed by atoms with van der Waals surface area (Å²) in [6, 6.07) is 13.0. The topological polar surface area (TPSA) is 64.0 Å². The van der Waals surface area contributed by atoms with Gasteiger partial charge in [-0.3, -0.25) is 9.59 Å². The Kier molecular flexibility index (Phi) is 5.51. The summed E-state index contributed by atoms with van der Waals surface area (Å²) in [4.78, 5) is 25.3. The molecule has 0 fully saturated rings. The molecule has 1 heterocycles. The highest BCUT2D eigenvalue weighted by Gasteiger charge is 2.22. The first-order valence-corrected chi connectivity index (χ1v) is 9.14. The van der Waals surface area contributed by atoms with Gasteiger partial charge in [0.2, 0.25) is 0 Å². The van der Waals surface area contributed by atoms with Gasteiger partial charge in [0.1, 0.15) is 17.2 Å². The summed E-state index contributed by atoms with van der Waals surface area (Å²) in [5.74, 6) is -0.779. The lowest BCUT2D eigenvalue weighted by atomic mass is 10.0. The van der Waals surface area contributed by atoms with Crippen molar-refractivity contribution in [2.24, 2.45) is 0 Å². The number of anilines is 2. The molecule has 0 saturated heterocycles. The fourth-order valence-electron chi connectivity index (χ4n) is 2.79. The Morgan fingerprint density at radius 1 is 1.22 bits per heavy atom. The van der Waals surface area contributed by atoms with E-state index in [1.165, 1.54) is 23.7 Å². The predicted molar refractivity (Wildman–Crippen MR) is 107 cm³/mol. The summed E-state index contributed by atoms with van der Waals surface area (Å²) in [7, 11) is 0. The Morgan fingerprint density at radius 3 is 2.59 bits per heavy atom. The molecule has 0 aliphatic heterocycles. The molecule has 0 unspecified atom stereocenters. The van der Waals surface area contributed by atoms with Crippen LogP contribution < -0.4 is 10.9 Å². The summed E-state index contributed by atoms with van der Waals surface area (Å²) in [5, 5.41) is 7.36. The molecular formula is C20H17BrFN3O2. The molecule has 1 aromatic heterocycles. The van der Waals surface area contributed by atoms with E-state index in [4.69, 9.17) is 0 Å². The summed E-state index contributed by atoms with van der Waals surface area (Å²) < 4.78 is 15.8. The van der Waals surface area contributed by atoms with Crippen LogP contribution in [0, 0.1) is 5.82 Å². The van der Waals surface area contributed by atoms with Crippen molar-refractivity contribution in [3.8, 4) is 11.3 Å². The van der Waals surface area contributed by atoms with E-state index in [0.29, 0.717) is 17.8 Å². The van der Waals surface area contributed by atoms with E-state index >= 15 is 0 Å². The predicted octanol–water partition coefficient (Wildman–Crippen LogP) is 4.78. The quantitative estimate of drug-likeness (QED) is 0.592. The van der Waals surface area contributed by atoms with Gasteiger partial charge in [-0.1, -0.05) is 34.1 Å². The van der Waals surface area contributed by atoms with E-state index in [9.17, 15) is 14.0 Å². The summed E-state index contributed by atoms with van der Waals surface area (Å²) in [6.07, 6.45) is 0. The van der Waals surface area contributed by atoms with Gasteiger partial charge < -0.3 is 5.32 Å². The number of hydrogen-bond acceptors (Lipinski definition) is 4. The first kappa shape index (κ1) is 19.0. The molecule has 0 amide bonds. The highest BCUT2D eigenvalue weighted by Crippen LogP contribution is 2.28. The van der Waals surface area contributed by atoms with Gasteiger partial charge in [0.15, 0.2) is 5.78 Å². The molecule has 138 valence electrons. The van der Waals surface area contributed by atoms with Gasteiger partial charge >= 0.3 is 0 Å². The summed E-state index contributed by atoms with van der Waals surface area (Å²) >= 11 is 3.38. The number of halogens is 2. The molecule has 0 spiro atoms. The highest BCUT2D eigenvalue weighted by molar-refractivity contribution is 9.10. The lowest BCUT2D eigenvalue weighted by Gasteiger charge is -2.16. The second-order valence-corrected chi connectivity index (χ2v) is 6.84. The maximum atomic E-state index is 13.7. The van der Waals surface area contributed by atoms with Crippen LogP contribution in [-0.4, -0.2) is 15.6 Å². The van der Waals surface area contributed by atoms with Gasteiger partial charge in [-0.25, -0.2) is 9.07 Å². The molecule has 0 radical (unpaired) electrons. The molecule has 5 nitrogen and oxygen atoms in total. The van der Waals surface area contributed by atoms with Crippen LogP contribution in [0.2, 0.25) is 0 Å². The number of aromatic nitrogens is 2. The van der Waals surface area contributed by atoms with Crippen molar-refractivity contribution in [3.63, 3.8) is 0 Å². The minimum atomic E-state index is -0.445. The minimum Gasteiger partial charge on any atom is -0.350 e. The van der Waals surface area contributed by atoms with Crippen LogP contribution >= 0.6 is 15.9 Å². The fourth-order valence-corrected chi connectivity index (χ4v) is 3.19. The van der Waals surface area contributed by atoms with Gasteiger partial charge in [-0.05, 0) is 44.2 Å². The first-order chi connectivity index (χ1) is 12.9. The zero-order valence-electron chi connectivity index (χ0n) is 14.8. The van der Waals surface area contributed by atoms with E-state index in [2.05, 4.69) is 26.3 Å². The molecule has 2 aromatic carbocycles. The van der Waals surface area contributed by atoms with Crippen LogP contribution in [-0.2, 0) is 6.54 Å². The van der Waals surface area contributed by atoms with E-state index < -0.39 is 11.4 Å².